The van der Waals surface area contributed by atoms with Crippen molar-refractivity contribution in [3.63, 3.8) is 0 Å². The Morgan fingerprint density at radius 1 is 1.12 bits per heavy atom. The molecule has 0 N–H and O–H groups in total. The minimum absolute atomic E-state index is 0.248. The number of aryl methyl sites for hydroxylation is 1. The van der Waals surface area contributed by atoms with Gasteiger partial charge in [-0.3, -0.25) is 0 Å². The van der Waals surface area contributed by atoms with Gasteiger partial charge in [-0.2, -0.15) is 0 Å². The predicted molar refractivity (Wildman–Crippen MR) is 67.4 cm³/mol. The maximum Gasteiger partial charge on any atom is 0.373 e. The van der Waals surface area contributed by atoms with Gasteiger partial charge < -0.3 is 9.47 Å². The summed E-state index contributed by atoms with van der Waals surface area (Å²) in [5, 5.41) is 0. The second-order valence-corrected chi connectivity index (χ2v) is 3.57. The van der Waals surface area contributed by atoms with Crippen LogP contribution in [0.4, 0.5) is 0 Å². The average Bonchev–Trinajstić information content (AvgIpc) is 2.31. The number of benzene rings is 1. The molecule has 0 atom stereocenters. The van der Waals surface area contributed by atoms with Gasteiger partial charge in [0.15, 0.2) is 0 Å². The highest BCUT2D eigenvalue weighted by Gasteiger charge is 2.11. The first-order valence-electron chi connectivity index (χ1n) is 5.75. The van der Waals surface area contributed by atoms with Crippen LogP contribution in [0, 0.1) is 6.92 Å². The molecule has 1 aromatic rings. The summed E-state index contributed by atoms with van der Waals surface area (Å²) < 4.78 is 10.2. The van der Waals surface area contributed by atoms with E-state index < -0.39 is 5.97 Å². The SMILES string of the molecule is CCOC(=O)/C(=C\c1ccc(C)cc1)OCC. The molecule has 0 aromatic heterocycles. The summed E-state index contributed by atoms with van der Waals surface area (Å²) in [6.07, 6.45) is 1.70. The maximum absolute atomic E-state index is 11.6. The second-order valence-electron chi connectivity index (χ2n) is 3.57. The summed E-state index contributed by atoms with van der Waals surface area (Å²) in [6.45, 7) is 6.41. The molecule has 0 saturated heterocycles. The van der Waals surface area contributed by atoms with Crippen LogP contribution in [0.5, 0.6) is 0 Å². The minimum Gasteiger partial charge on any atom is -0.487 e. The highest BCUT2D eigenvalue weighted by atomic mass is 16.6. The Kier molecular flexibility index (Phi) is 5.27. The van der Waals surface area contributed by atoms with Crippen LogP contribution in [0.25, 0.3) is 6.08 Å². The molecule has 0 aliphatic carbocycles. The quantitative estimate of drug-likeness (QED) is 0.446. The van der Waals surface area contributed by atoms with E-state index in [4.69, 9.17) is 9.47 Å². The molecule has 3 nitrogen and oxygen atoms in total. The number of carbonyl (C=O) groups excluding carboxylic acids is 1. The van der Waals surface area contributed by atoms with Gasteiger partial charge in [0.2, 0.25) is 5.76 Å². The first-order chi connectivity index (χ1) is 8.17. The third-order valence-electron chi connectivity index (χ3n) is 2.15. The van der Waals surface area contributed by atoms with Gasteiger partial charge in [-0.15, -0.1) is 0 Å². The van der Waals surface area contributed by atoms with E-state index in [1.807, 2.05) is 38.1 Å². The molecular formula is C14H18O3. The van der Waals surface area contributed by atoms with E-state index in [0.29, 0.717) is 13.2 Å². The van der Waals surface area contributed by atoms with Crippen molar-refractivity contribution in [1.29, 1.82) is 0 Å². The second kappa shape index (κ2) is 6.74. The van der Waals surface area contributed by atoms with E-state index >= 15 is 0 Å². The standard InChI is InChI=1S/C14H18O3/c1-4-16-13(14(15)17-5-2)10-12-8-6-11(3)7-9-12/h6-10H,4-5H2,1-3H3/b13-10+. The molecule has 0 spiro atoms. The summed E-state index contributed by atoms with van der Waals surface area (Å²) in [4.78, 5) is 11.6. The van der Waals surface area contributed by atoms with Crippen molar-refractivity contribution in [3.05, 3.63) is 41.2 Å². The lowest BCUT2D eigenvalue weighted by Crippen LogP contribution is -2.10. The summed E-state index contributed by atoms with van der Waals surface area (Å²) >= 11 is 0. The molecular weight excluding hydrogens is 216 g/mol. The minimum atomic E-state index is -0.421. The summed E-state index contributed by atoms with van der Waals surface area (Å²) in [5.74, 6) is -0.173. The van der Waals surface area contributed by atoms with Crippen molar-refractivity contribution < 1.29 is 14.3 Å². The van der Waals surface area contributed by atoms with Gasteiger partial charge in [-0.05, 0) is 32.4 Å². The molecule has 0 radical (unpaired) electrons. The Morgan fingerprint density at radius 3 is 2.24 bits per heavy atom. The molecule has 0 aliphatic heterocycles. The highest BCUT2D eigenvalue weighted by Crippen LogP contribution is 2.11. The van der Waals surface area contributed by atoms with Gasteiger partial charge in [-0.1, -0.05) is 29.8 Å². The van der Waals surface area contributed by atoms with Crippen LogP contribution in [0.3, 0.4) is 0 Å². The summed E-state index contributed by atoms with van der Waals surface area (Å²) in [6, 6.07) is 7.85. The lowest BCUT2D eigenvalue weighted by atomic mass is 10.1. The Labute approximate surface area is 102 Å². The summed E-state index contributed by atoms with van der Waals surface area (Å²) in [7, 11) is 0. The molecule has 0 amide bonds. The van der Waals surface area contributed by atoms with Crippen LogP contribution in [0.2, 0.25) is 0 Å². The van der Waals surface area contributed by atoms with Crippen LogP contribution in [-0.2, 0) is 14.3 Å². The van der Waals surface area contributed by atoms with Gasteiger partial charge in [0, 0.05) is 0 Å². The number of esters is 1. The highest BCUT2D eigenvalue weighted by molar-refractivity contribution is 5.91. The zero-order valence-corrected chi connectivity index (χ0v) is 10.5. The van der Waals surface area contributed by atoms with E-state index in [1.54, 1.807) is 13.0 Å². The summed E-state index contributed by atoms with van der Waals surface area (Å²) in [5.41, 5.74) is 2.10. The molecule has 1 aromatic carbocycles. The van der Waals surface area contributed by atoms with E-state index in [9.17, 15) is 4.79 Å². The fraction of sp³-hybridized carbons (Fsp3) is 0.357. The van der Waals surface area contributed by atoms with Gasteiger partial charge in [-0.25, -0.2) is 4.79 Å². The molecule has 0 fully saturated rings. The molecule has 3 heteroatoms. The van der Waals surface area contributed by atoms with Crippen molar-refractivity contribution in [1.82, 2.24) is 0 Å². The number of hydrogen-bond acceptors (Lipinski definition) is 3. The smallest absolute Gasteiger partial charge is 0.373 e. The fourth-order valence-corrected chi connectivity index (χ4v) is 1.33. The Balaban J connectivity index is 2.89. The third-order valence-corrected chi connectivity index (χ3v) is 2.15. The van der Waals surface area contributed by atoms with Gasteiger partial charge >= 0.3 is 5.97 Å². The lowest BCUT2D eigenvalue weighted by Gasteiger charge is -2.07. The zero-order chi connectivity index (χ0) is 12.7. The van der Waals surface area contributed by atoms with E-state index in [0.717, 1.165) is 5.56 Å². The normalized spacial score (nSPS) is 11.1. The van der Waals surface area contributed by atoms with Crippen molar-refractivity contribution in [2.24, 2.45) is 0 Å². The van der Waals surface area contributed by atoms with Crippen LogP contribution < -0.4 is 0 Å². The molecule has 0 saturated carbocycles. The number of carbonyl (C=O) groups is 1. The first kappa shape index (κ1) is 13.3. The average molecular weight is 234 g/mol. The van der Waals surface area contributed by atoms with Crippen molar-refractivity contribution >= 4 is 12.0 Å². The molecule has 17 heavy (non-hydrogen) atoms. The topological polar surface area (TPSA) is 35.5 Å². The number of rotatable bonds is 5. The molecule has 0 aliphatic rings. The van der Waals surface area contributed by atoms with Gasteiger partial charge in [0.1, 0.15) is 0 Å². The van der Waals surface area contributed by atoms with Crippen LogP contribution in [-0.4, -0.2) is 19.2 Å². The van der Waals surface area contributed by atoms with Gasteiger partial charge in [0.05, 0.1) is 13.2 Å². The zero-order valence-electron chi connectivity index (χ0n) is 10.5. The predicted octanol–water partition coefficient (Wildman–Crippen LogP) is 2.94. The molecule has 0 bridgehead atoms. The first-order valence-corrected chi connectivity index (χ1v) is 5.75. The van der Waals surface area contributed by atoms with Crippen LogP contribution in [0.1, 0.15) is 25.0 Å². The maximum atomic E-state index is 11.6. The van der Waals surface area contributed by atoms with Gasteiger partial charge in [0.25, 0.3) is 0 Å². The van der Waals surface area contributed by atoms with E-state index in [2.05, 4.69) is 0 Å². The van der Waals surface area contributed by atoms with Crippen molar-refractivity contribution in [3.8, 4) is 0 Å². The van der Waals surface area contributed by atoms with Crippen molar-refractivity contribution in [2.45, 2.75) is 20.8 Å². The van der Waals surface area contributed by atoms with E-state index in [-0.39, 0.29) is 5.76 Å². The fourth-order valence-electron chi connectivity index (χ4n) is 1.33. The Bertz CT molecular complexity index is 390. The molecule has 1 rings (SSSR count). The molecule has 92 valence electrons. The monoisotopic (exact) mass is 234 g/mol. The van der Waals surface area contributed by atoms with Crippen LogP contribution in [0.15, 0.2) is 30.0 Å². The third kappa shape index (κ3) is 4.31. The Hall–Kier alpha value is -1.77. The van der Waals surface area contributed by atoms with E-state index in [1.165, 1.54) is 5.56 Å². The van der Waals surface area contributed by atoms with Crippen LogP contribution >= 0.6 is 0 Å². The number of ether oxygens (including phenoxy) is 2. The number of hydrogen-bond donors (Lipinski definition) is 0. The Morgan fingerprint density at radius 2 is 1.71 bits per heavy atom. The largest absolute Gasteiger partial charge is 0.487 e. The molecule has 0 heterocycles. The van der Waals surface area contributed by atoms with Crippen molar-refractivity contribution in [2.75, 3.05) is 13.2 Å². The lowest BCUT2D eigenvalue weighted by molar-refractivity contribution is -0.142. The molecule has 0 unspecified atom stereocenters.